The SMILES string of the molecule is Br.CC(C)(C)c1ccc(-c2csc(Nc3ccc(Br)cc3)n2)cc1. The summed E-state index contributed by atoms with van der Waals surface area (Å²) in [4.78, 5) is 4.69. The third-order valence-corrected chi connectivity index (χ3v) is 4.93. The summed E-state index contributed by atoms with van der Waals surface area (Å²) in [6.07, 6.45) is 0. The van der Waals surface area contributed by atoms with Crippen LogP contribution in [0, 0.1) is 0 Å². The molecule has 0 radical (unpaired) electrons. The zero-order valence-electron chi connectivity index (χ0n) is 13.8. The lowest BCUT2D eigenvalue weighted by atomic mass is 9.86. The van der Waals surface area contributed by atoms with Crippen LogP contribution in [0.3, 0.4) is 0 Å². The van der Waals surface area contributed by atoms with E-state index in [0.717, 1.165) is 26.5 Å². The first-order valence-corrected chi connectivity index (χ1v) is 9.18. The average Bonchev–Trinajstić information content (AvgIpc) is 2.97. The summed E-state index contributed by atoms with van der Waals surface area (Å²) in [5.41, 5.74) is 4.71. The van der Waals surface area contributed by atoms with Crippen LogP contribution in [0.2, 0.25) is 0 Å². The van der Waals surface area contributed by atoms with Crippen molar-refractivity contribution >= 4 is 55.1 Å². The summed E-state index contributed by atoms with van der Waals surface area (Å²) in [7, 11) is 0. The topological polar surface area (TPSA) is 24.9 Å². The lowest BCUT2D eigenvalue weighted by molar-refractivity contribution is 0.590. The predicted octanol–water partition coefficient (Wildman–Crippen LogP) is 7.19. The molecule has 1 aromatic heterocycles. The number of hydrogen-bond acceptors (Lipinski definition) is 3. The number of thiazole rings is 1. The fraction of sp³-hybridized carbons (Fsp3) is 0.211. The van der Waals surface area contributed by atoms with Crippen molar-refractivity contribution in [1.29, 1.82) is 0 Å². The van der Waals surface area contributed by atoms with Gasteiger partial charge in [0.1, 0.15) is 0 Å². The first-order chi connectivity index (χ1) is 10.9. The number of aromatic nitrogens is 1. The minimum absolute atomic E-state index is 0. The van der Waals surface area contributed by atoms with Gasteiger partial charge in [0.2, 0.25) is 0 Å². The maximum absolute atomic E-state index is 4.69. The van der Waals surface area contributed by atoms with E-state index in [1.54, 1.807) is 11.3 Å². The summed E-state index contributed by atoms with van der Waals surface area (Å²) in [6.45, 7) is 6.68. The van der Waals surface area contributed by atoms with Crippen molar-refractivity contribution in [3.63, 3.8) is 0 Å². The molecule has 0 aliphatic rings. The Kier molecular flexibility index (Phi) is 6.23. The van der Waals surface area contributed by atoms with Gasteiger partial charge in [-0.05, 0) is 35.2 Å². The summed E-state index contributed by atoms with van der Waals surface area (Å²) in [5.74, 6) is 0. The van der Waals surface area contributed by atoms with Crippen LogP contribution in [0.25, 0.3) is 11.3 Å². The standard InChI is InChI=1S/C19H19BrN2S.BrH/c1-19(2,3)14-6-4-13(5-7-14)17-12-23-18(22-17)21-16-10-8-15(20)9-11-16;/h4-12H,1-3H3,(H,21,22);1H. The molecule has 1 N–H and O–H groups in total. The molecule has 2 nitrogen and oxygen atoms in total. The van der Waals surface area contributed by atoms with Crippen molar-refractivity contribution in [3.8, 4) is 11.3 Å². The van der Waals surface area contributed by atoms with Crippen molar-refractivity contribution in [3.05, 3.63) is 63.9 Å². The van der Waals surface area contributed by atoms with Crippen molar-refractivity contribution < 1.29 is 0 Å². The summed E-state index contributed by atoms with van der Waals surface area (Å²) in [5, 5.41) is 6.34. The van der Waals surface area contributed by atoms with Gasteiger partial charge in [-0.2, -0.15) is 0 Å². The fourth-order valence-corrected chi connectivity index (χ4v) is 3.27. The van der Waals surface area contributed by atoms with Crippen LogP contribution in [0.1, 0.15) is 26.3 Å². The number of rotatable bonds is 3. The normalized spacial score (nSPS) is 11.0. The second kappa shape index (κ2) is 7.81. The Morgan fingerprint density at radius 3 is 2.17 bits per heavy atom. The largest absolute Gasteiger partial charge is 0.332 e. The minimum Gasteiger partial charge on any atom is -0.332 e. The van der Waals surface area contributed by atoms with Crippen molar-refractivity contribution in [1.82, 2.24) is 4.98 Å². The van der Waals surface area contributed by atoms with Gasteiger partial charge in [0.05, 0.1) is 5.69 Å². The van der Waals surface area contributed by atoms with Crippen LogP contribution >= 0.6 is 44.2 Å². The molecule has 0 atom stereocenters. The smallest absolute Gasteiger partial charge is 0.187 e. The molecule has 5 heteroatoms. The van der Waals surface area contributed by atoms with Crippen molar-refractivity contribution in [2.75, 3.05) is 5.32 Å². The van der Waals surface area contributed by atoms with E-state index in [9.17, 15) is 0 Å². The zero-order chi connectivity index (χ0) is 16.4. The predicted molar refractivity (Wildman–Crippen MR) is 114 cm³/mol. The van der Waals surface area contributed by atoms with Gasteiger partial charge < -0.3 is 5.32 Å². The third-order valence-electron chi connectivity index (χ3n) is 3.65. The highest BCUT2D eigenvalue weighted by Gasteiger charge is 2.13. The number of anilines is 2. The number of hydrogen-bond donors (Lipinski definition) is 1. The third kappa shape index (κ3) is 4.68. The highest BCUT2D eigenvalue weighted by molar-refractivity contribution is 9.10. The molecule has 24 heavy (non-hydrogen) atoms. The molecule has 0 amide bonds. The molecule has 0 spiro atoms. The van der Waals surface area contributed by atoms with Crippen LogP contribution < -0.4 is 5.32 Å². The van der Waals surface area contributed by atoms with Crippen LogP contribution in [0.15, 0.2) is 58.4 Å². The van der Waals surface area contributed by atoms with E-state index < -0.39 is 0 Å². The van der Waals surface area contributed by atoms with E-state index in [0.29, 0.717) is 0 Å². The molecule has 2 aromatic carbocycles. The summed E-state index contributed by atoms with van der Waals surface area (Å²) >= 11 is 5.06. The maximum Gasteiger partial charge on any atom is 0.187 e. The quantitative estimate of drug-likeness (QED) is 0.440. The van der Waals surface area contributed by atoms with Crippen LogP contribution in [-0.2, 0) is 5.41 Å². The van der Waals surface area contributed by atoms with Crippen LogP contribution in [-0.4, -0.2) is 4.98 Å². The molecule has 0 aliphatic carbocycles. The van der Waals surface area contributed by atoms with Crippen LogP contribution in [0.4, 0.5) is 10.8 Å². The van der Waals surface area contributed by atoms with Crippen molar-refractivity contribution in [2.45, 2.75) is 26.2 Å². The molecule has 3 aromatic rings. The average molecular weight is 468 g/mol. The first kappa shape index (κ1) is 19.2. The van der Waals surface area contributed by atoms with E-state index >= 15 is 0 Å². The number of benzene rings is 2. The fourth-order valence-electron chi connectivity index (χ4n) is 2.26. The summed E-state index contributed by atoms with van der Waals surface area (Å²) < 4.78 is 1.07. The second-order valence-corrected chi connectivity index (χ2v) is 8.27. The molecule has 3 rings (SSSR count). The number of nitrogens with one attached hydrogen (secondary N) is 1. The Labute approximate surface area is 166 Å². The molecular formula is C19H20Br2N2S. The highest BCUT2D eigenvalue weighted by Crippen LogP contribution is 2.29. The Hall–Kier alpha value is -1.17. The molecule has 0 saturated heterocycles. The molecule has 0 saturated carbocycles. The lowest BCUT2D eigenvalue weighted by Crippen LogP contribution is -2.10. The van der Waals surface area contributed by atoms with Gasteiger partial charge in [-0.15, -0.1) is 28.3 Å². The monoisotopic (exact) mass is 466 g/mol. The molecular weight excluding hydrogens is 448 g/mol. The molecule has 126 valence electrons. The Morgan fingerprint density at radius 1 is 0.958 bits per heavy atom. The van der Waals surface area contributed by atoms with Gasteiger partial charge in [-0.25, -0.2) is 4.98 Å². The number of nitrogens with zero attached hydrogens (tertiary/aromatic N) is 1. The van der Waals surface area contributed by atoms with Gasteiger partial charge in [0.15, 0.2) is 5.13 Å². The van der Waals surface area contributed by atoms with Gasteiger partial charge >= 0.3 is 0 Å². The van der Waals surface area contributed by atoms with E-state index in [4.69, 9.17) is 0 Å². The highest BCUT2D eigenvalue weighted by atomic mass is 79.9. The van der Waals surface area contributed by atoms with Gasteiger partial charge in [-0.1, -0.05) is 61.0 Å². The van der Waals surface area contributed by atoms with Gasteiger partial charge in [-0.3, -0.25) is 0 Å². The van der Waals surface area contributed by atoms with Gasteiger partial charge in [0.25, 0.3) is 0 Å². The molecule has 0 aliphatic heterocycles. The van der Waals surface area contributed by atoms with Gasteiger partial charge in [0, 0.05) is 21.1 Å². The zero-order valence-corrected chi connectivity index (χ0v) is 18.0. The van der Waals surface area contributed by atoms with E-state index in [2.05, 4.69) is 76.6 Å². The molecule has 0 fully saturated rings. The van der Waals surface area contributed by atoms with E-state index in [1.165, 1.54) is 5.56 Å². The molecule has 1 heterocycles. The number of halogens is 2. The molecule has 0 bridgehead atoms. The van der Waals surface area contributed by atoms with E-state index in [1.807, 2.05) is 24.3 Å². The van der Waals surface area contributed by atoms with Crippen molar-refractivity contribution in [2.24, 2.45) is 0 Å². The van der Waals surface area contributed by atoms with Crippen LogP contribution in [0.5, 0.6) is 0 Å². The van der Waals surface area contributed by atoms with E-state index in [-0.39, 0.29) is 22.4 Å². The first-order valence-electron chi connectivity index (χ1n) is 7.51. The maximum atomic E-state index is 4.69. The second-order valence-electron chi connectivity index (χ2n) is 6.50. The minimum atomic E-state index is 0. The Balaban J connectivity index is 0.00000208. The Bertz CT molecular complexity index is 787. The Morgan fingerprint density at radius 2 is 1.58 bits per heavy atom. The summed E-state index contributed by atoms with van der Waals surface area (Å²) in [6, 6.07) is 16.8. The lowest BCUT2D eigenvalue weighted by Gasteiger charge is -2.18. The molecule has 0 unspecified atom stereocenters.